The summed E-state index contributed by atoms with van der Waals surface area (Å²) in [5.74, 6) is 0.504. The SMILES string of the molecule is CCC(CC)Cn1c(=O)[nH]c2cc(Cl)cnc21. The number of nitrogens with zero attached hydrogens (tertiary/aromatic N) is 2. The van der Waals surface area contributed by atoms with E-state index in [4.69, 9.17) is 11.6 Å². The summed E-state index contributed by atoms with van der Waals surface area (Å²) in [4.78, 5) is 18.8. The Morgan fingerprint density at radius 3 is 2.82 bits per heavy atom. The van der Waals surface area contributed by atoms with E-state index >= 15 is 0 Å². The van der Waals surface area contributed by atoms with Crippen molar-refractivity contribution in [3.05, 3.63) is 27.8 Å². The van der Waals surface area contributed by atoms with Crippen LogP contribution in [0.5, 0.6) is 0 Å². The second-order valence-corrected chi connectivity index (χ2v) is 4.68. The summed E-state index contributed by atoms with van der Waals surface area (Å²) in [5.41, 5.74) is 1.28. The number of aromatic amines is 1. The van der Waals surface area contributed by atoms with Gasteiger partial charge in [-0.3, -0.25) is 4.57 Å². The summed E-state index contributed by atoms with van der Waals surface area (Å²) in [6.45, 7) is 4.98. The third-order valence-corrected chi connectivity index (χ3v) is 3.38. The number of fused-ring (bicyclic) bond motifs is 1. The summed E-state index contributed by atoms with van der Waals surface area (Å²) < 4.78 is 1.70. The molecule has 17 heavy (non-hydrogen) atoms. The standard InChI is InChI=1S/C12H16ClN3O/c1-3-8(4-2)7-16-11-10(15-12(16)17)5-9(13)6-14-11/h5-6,8H,3-4,7H2,1-2H3,(H,15,17). The van der Waals surface area contributed by atoms with Gasteiger partial charge in [-0.15, -0.1) is 0 Å². The van der Waals surface area contributed by atoms with E-state index in [1.807, 2.05) is 0 Å². The van der Waals surface area contributed by atoms with Crippen molar-refractivity contribution in [1.29, 1.82) is 0 Å². The molecule has 0 aliphatic carbocycles. The van der Waals surface area contributed by atoms with Gasteiger partial charge in [0.2, 0.25) is 0 Å². The Balaban J connectivity index is 2.46. The Morgan fingerprint density at radius 2 is 2.18 bits per heavy atom. The van der Waals surface area contributed by atoms with Crippen LogP contribution in [-0.2, 0) is 6.54 Å². The highest BCUT2D eigenvalue weighted by Gasteiger charge is 2.12. The number of aromatic nitrogens is 3. The molecule has 0 atom stereocenters. The van der Waals surface area contributed by atoms with Crippen molar-refractivity contribution in [3.8, 4) is 0 Å². The molecule has 2 rings (SSSR count). The van der Waals surface area contributed by atoms with Crippen LogP contribution < -0.4 is 5.69 Å². The number of hydrogen-bond acceptors (Lipinski definition) is 2. The van der Waals surface area contributed by atoms with Gasteiger partial charge in [-0.1, -0.05) is 38.3 Å². The molecule has 0 spiro atoms. The van der Waals surface area contributed by atoms with Gasteiger partial charge >= 0.3 is 5.69 Å². The molecule has 92 valence electrons. The molecule has 0 aliphatic heterocycles. The average molecular weight is 254 g/mol. The van der Waals surface area contributed by atoms with E-state index in [-0.39, 0.29) is 5.69 Å². The van der Waals surface area contributed by atoms with Crippen molar-refractivity contribution < 1.29 is 0 Å². The van der Waals surface area contributed by atoms with Crippen molar-refractivity contribution in [1.82, 2.24) is 14.5 Å². The van der Waals surface area contributed by atoms with Gasteiger partial charge in [0.25, 0.3) is 0 Å². The van der Waals surface area contributed by atoms with E-state index in [0.29, 0.717) is 28.6 Å². The fourth-order valence-corrected chi connectivity index (χ4v) is 2.15. The van der Waals surface area contributed by atoms with Crippen LogP contribution in [0.2, 0.25) is 5.02 Å². The van der Waals surface area contributed by atoms with E-state index in [2.05, 4.69) is 23.8 Å². The van der Waals surface area contributed by atoms with Gasteiger partial charge in [0, 0.05) is 12.7 Å². The highest BCUT2D eigenvalue weighted by atomic mass is 35.5. The highest BCUT2D eigenvalue weighted by molar-refractivity contribution is 6.30. The number of nitrogens with one attached hydrogen (secondary N) is 1. The molecule has 4 nitrogen and oxygen atoms in total. The maximum absolute atomic E-state index is 11.8. The van der Waals surface area contributed by atoms with Crippen LogP contribution in [0.25, 0.3) is 11.2 Å². The van der Waals surface area contributed by atoms with Gasteiger partial charge in [-0.05, 0) is 12.0 Å². The number of H-pyrrole nitrogens is 1. The first-order valence-corrected chi connectivity index (χ1v) is 6.27. The van der Waals surface area contributed by atoms with E-state index in [9.17, 15) is 4.79 Å². The topological polar surface area (TPSA) is 50.7 Å². The molecular weight excluding hydrogens is 238 g/mol. The van der Waals surface area contributed by atoms with Gasteiger partial charge in [0.1, 0.15) is 0 Å². The smallest absolute Gasteiger partial charge is 0.304 e. The summed E-state index contributed by atoms with van der Waals surface area (Å²) in [6, 6.07) is 1.73. The lowest BCUT2D eigenvalue weighted by Gasteiger charge is -2.12. The molecule has 0 bridgehead atoms. The van der Waals surface area contributed by atoms with Gasteiger partial charge in [-0.25, -0.2) is 9.78 Å². The minimum atomic E-state index is -0.110. The van der Waals surface area contributed by atoms with Crippen LogP contribution >= 0.6 is 11.6 Å². The first-order valence-electron chi connectivity index (χ1n) is 5.89. The molecule has 2 heterocycles. The molecule has 0 fully saturated rings. The van der Waals surface area contributed by atoms with E-state index in [1.165, 1.54) is 0 Å². The van der Waals surface area contributed by atoms with Gasteiger partial charge in [0.05, 0.1) is 10.5 Å². The lowest BCUT2D eigenvalue weighted by molar-refractivity contribution is 0.417. The van der Waals surface area contributed by atoms with Gasteiger partial charge < -0.3 is 4.98 Å². The van der Waals surface area contributed by atoms with Gasteiger partial charge in [0.15, 0.2) is 5.65 Å². The monoisotopic (exact) mass is 253 g/mol. The minimum Gasteiger partial charge on any atom is -0.304 e. The van der Waals surface area contributed by atoms with Crippen molar-refractivity contribution in [2.24, 2.45) is 5.92 Å². The lowest BCUT2D eigenvalue weighted by atomic mass is 10.0. The minimum absolute atomic E-state index is 0.110. The van der Waals surface area contributed by atoms with E-state index in [1.54, 1.807) is 16.8 Å². The van der Waals surface area contributed by atoms with Gasteiger partial charge in [-0.2, -0.15) is 0 Å². The third-order valence-electron chi connectivity index (χ3n) is 3.17. The third kappa shape index (κ3) is 2.36. The average Bonchev–Trinajstić information content (AvgIpc) is 2.61. The van der Waals surface area contributed by atoms with Crippen LogP contribution in [0.3, 0.4) is 0 Å². The Labute approximate surface area is 105 Å². The summed E-state index contributed by atoms with van der Waals surface area (Å²) in [7, 11) is 0. The van der Waals surface area contributed by atoms with Crippen LogP contribution in [-0.4, -0.2) is 14.5 Å². The molecule has 2 aromatic heterocycles. The van der Waals surface area contributed by atoms with E-state index < -0.39 is 0 Å². The quantitative estimate of drug-likeness (QED) is 0.911. The zero-order chi connectivity index (χ0) is 12.4. The predicted molar refractivity (Wildman–Crippen MR) is 69.4 cm³/mol. The zero-order valence-electron chi connectivity index (χ0n) is 10.0. The molecule has 0 radical (unpaired) electrons. The summed E-state index contributed by atoms with van der Waals surface area (Å²) in [5, 5.41) is 0.536. The molecule has 0 saturated carbocycles. The maximum atomic E-state index is 11.8. The number of imidazole rings is 1. The predicted octanol–water partition coefficient (Wildman–Crippen LogP) is 2.81. The fraction of sp³-hybridized carbons (Fsp3) is 0.500. The van der Waals surface area contributed by atoms with Crippen molar-refractivity contribution in [2.45, 2.75) is 33.2 Å². The first-order chi connectivity index (χ1) is 8.15. The number of pyridine rings is 1. The Morgan fingerprint density at radius 1 is 1.47 bits per heavy atom. The number of rotatable bonds is 4. The van der Waals surface area contributed by atoms with Crippen molar-refractivity contribution >= 4 is 22.8 Å². The molecule has 1 N–H and O–H groups in total. The molecule has 0 saturated heterocycles. The maximum Gasteiger partial charge on any atom is 0.327 e. The second kappa shape index (κ2) is 4.92. The number of hydrogen-bond donors (Lipinski definition) is 1. The van der Waals surface area contributed by atoms with Crippen LogP contribution in [0, 0.1) is 5.92 Å². The molecule has 0 unspecified atom stereocenters. The van der Waals surface area contributed by atoms with E-state index in [0.717, 1.165) is 12.8 Å². The molecule has 0 amide bonds. The number of halogens is 1. The summed E-state index contributed by atoms with van der Waals surface area (Å²) >= 11 is 5.85. The normalized spacial score (nSPS) is 11.5. The fourth-order valence-electron chi connectivity index (χ4n) is 1.99. The van der Waals surface area contributed by atoms with Crippen molar-refractivity contribution in [3.63, 3.8) is 0 Å². The Bertz CT molecular complexity index is 569. The molecular formula is C12H16ClN3O. The first kappa shape index (κ1) is 12.2. The van der Waals surface area contributed by atoms with Crippen LogP contribution in [0.1, 0.15) is 26.7 Å². The molecule has 5 heteroatoms. The summed E-state index contributed by atoms with van der Waals surface area (Å²) in [6.07, 6.45) is 3.69. The van der Waals surface area contributed by atoms with Crippen LogP contribution in [0.4, 0.5) is 0 Å². The van der Waals surface area contributed by atoms with Crippen LogP contribution in [0.15, 0.2) is 17.1 Å². The Hall–Kier alpha value is -1.29. The second-order valence-electron chi connectivity index (χ2n) is 4.25. The largest absolute Gasteiger partial charge is 0.327 e. The lowest BCUT2D eigenvalue weighted by Crippen LogP contribution is -2.21. The zero-order valence-corrected chi connectivity index (χ0v) is 10.8. The Kier molecular flexibility index (Phi) is 3.52. The molecule has 2 aromatic rings. The van der Waals surface area contributed by atoms with Crippen molar-refractivity contribution in [2.75, 3.05) is 0 Å². The molecule has 0 aliphatic rings. The highest BCUT2D eigenvalue weighted by Crippen LogP contribution is 2.16. The molecule has 0 aromatic carbocycles.